The van der Waals surface area contributed by atoms with Gasteiger partial charge in [-0.05, 0) is 54.1 Å². The summed E-state index contributed by atoms with van der Waals surface area (Å²) < 4.78 is 16.9. The maximum absolute atomic E-state index is 13.3. The molecule has 1 aromatic heterocycles. The minimum Gasteiger partial charge on any atom is -0.497 e. The molecule has 0 saturated heterocycles. The lowest BCUT2D eigenvalue weighted by atomic mass is 9.88. The number of fused-ring (bicyclic) bond motifs is 3. The molecule has 32 heavy (non-hydrogen) atoms. The molecular weight excluding hydrogens is 430 g/mol. The highest BCUT2D eigenvalue weighted by atomic mass is 35.5. The van der Waals surface area contributed by atoms with Gasteiger partial charge in [-0.25, -0.2) is 4.79 Å². The summed E-state index contributed by atoms with van der Waals surface area (Å²) in [7, 11) is 1.57. The molecule has 7 heteroatoms. The van der Waals surface area contributed by atoms with Crippen molar-refractivity contribution in [3.63, 3.8) is 0 Å². The number of hydrogen-bond acceptors (Lipinski definition) is 5. The predicted octanol–water partition coefficient (Wildman–Crippen LogP) is 4.99. The van der Waals surface area contributed by atoms with Crippen LogP contribution < -0.4 is 20.4 Å². The van der Waals surface area contributed by atoms with E-state index in [1.165, 1.54) is 0 Å². The van der Waals surface area contributed by atoms with Crippen molar-refractivity contribution in [1.82, 2.24) is 0 Å². The average molecular weight is 448 g/mol. The van der Waals surface area contributed by atoms with Crippen molar-refractivity contribution in [1.29, 1.82) is 0 Å². The number of rotatable bonds is 4. The third kappa shape index (κ3) is 3.48. The number of anilines is 1. The van der Waals surface area contributed by atoms with E-state index in [0.717, 1.165) is 5.56 Å². The Labute approximate surface area is 188 Å². The van der Waals surface area contributed by atoms with Gasteiger partial charge in [0, 0.05) is 10.7 Å². The van der Waals surface area contributed by atoms with Crippen molar-refractivity contribution in [2.75, 3.05) is 12.4 Å². The van der Waals surface area contributed by atoms with Gasteiger partial charge < -0.3 is 19.2 Å². The number of amides is 1. The molecule has 0 radical (unpaired) electrons. The van der Waals surface area contributed by atoms with E-state index in [1.54, 1.807) is 73.8 Å². The Morgan fingerprint density at radius 3 is 2.44 bits per heavy atom. The van der Waals surface area contributed by atoms with Gasteiger partial charge in [-0.1, -0.05) is 35.9 Å². The van der Waals surface area contributed by atoms with Crippen LogP contribution in [0.15, 0.2) is 82.0 Å². The Bertz CT molecular complexity index is 1360. The molecule has 2 heterocycles. The fraction of sp³-hybridized carbons (Fsp3) is 0.120. The fourth-order valence-corrected chi connectivity index (χ4v) is 4.11. The quantitative estimate of drug-likeness (QED) is 0.446. The van der Waals surface area contributed by atoms with Crippen molar-refractivity contribution in [3.8, 4) is 11.5 Å². The van der Waals surface area contributed by atoms with Crippen LogP contribution in [0, 0.1) is 0 Å². The summed E-state index contributed by atoms with van der Waals surface area (Å²) >= 11 is 6.06. The molecule has 1 aliphatic heterocycles. The van der Waals surface area contributed by atoms with Crippen LogP contribution in [0.25, 0.3) is 11.0 Å². The molecule has 2 atom stereocenters. The standard InChI is InChI=1S/C25H18ClNO5/c1-30-17-12-10-16(11-13-17)27-24(28)23-20(14-6-8-15(26)9-7-14)21-22(32-23)18-4-2-3-5-19(18)31-25(21)29/h2-13,20,23H,1H3,(H,27,28)/t20-,23-/m0/s1. The summed E-state index contributed by atoms with van der Waals surface area (Å²) in [5.41, 5.74) is 1.51. The molecule has 160 valence electrons. The van der Waals surface area contributed by atoms with Gasteiger partial charge in [0.15, 0.2) is 6.10 Å². The van der Waals surface area contributed by atoms with E-state index in [0.29, 0.717) is 38.7 Å². The van der Waals surface area contributed by atoms with Crippen LogP contribution in [-0.2, 0) is 4.79 Å². The third-order valence-corrected chi connectivity index (χ3v) is 5.75. The first kappa shape index (κ1) is 20.2. The maximum atomic E-state index is 13.3. The van der Waals surface area contributed by atoms with E-state index in [1.807, 2.05) is 6.07 Å². The van der Waals surface area contributed by atoms with Gasteiger partial charge in [-0.3, -0.25) is 4.79 Å². The SMILES string of the molecule is COc1ccc(NC(=O)[C@H]2Oc3c(c(=O)oc4ccccc34)[C@@H]2c2ccc(Cl)cc2)cc1. The zero-order valence-electron chi connectivity index (χ0n) is 17.0. The number of ether oxygens (including phenoxy) is 2. The van der Waals surface area contributed by atoms with Crippen LogP contribution in [0.2, 0.25) is 5.02 Å². The van der Waals surface area contributed by atoms with Crippen LogP contribution in [0.3, 0.4) is 0 Å². The molecule has 6 nitrogen and oxygen atoms in total. The zero-order chi connectivity index (χ0) is 22.2. The smallest absolute Gasteiger partial charge is 0.344 e. The van der Waals surface area contributed by atoms with Crippen LogP contribution in [0.5, 0.6) is 11.5 Å². The monoisotopic (exact) mass is 447 g/mol. The number of carbonyl (C=O) groups is 1. The Morgan fingerprint density at radius 2 is 1.72 bits per heavy atom. The summed E-state index contributed by atoms with van der Waals surface area (Å²) in [5.74, 6) is 0.0125. The van der Waals surface area contributed by atoms with Crippen molar-refractivity contribution in [3.05, 3.63) is 99.4 Å². The summed E-state index contributed by atoms with van der Waals surface area (Å²) in [6.07, 6.45) is -0.970. The number of hydrogen-bond donors (Lipinski definition) is 1. The molecule has 5 rings (SSSR count). The molecule has 0 unspecified atom stereocenters. The van der Waals surface area contributed by atoms with E-state index in [9.17, 15) is 9.59 Å². The zero-order valence-corrected chi connectivity index (χ0v) is 17.8. The van der Waals surface area contributed by atoms with Gasteiger partial charge in [-0.15, -0.1) is 0 Å². The lowest BCUT2D eigenvalue weighted by Gasteiger charge is -2.19. The molecule has 0 spiro atoms. The summed E-state index contributed by atoms with van der Waals surface area (Å²) in [4.78, 5) is 26.3. The van der Waals surface area contributed by atoms with E-state index in [2.05, 4.69) is 5.32 Å². The molecule has 0 saturated carbocycles. The first-order chi connectivity index (χ1) is 15.5. The van der Waals surface area contributed by atoms with Crippen LogP contribution in [0.4, 0.5) is 5.69 Å². The van der Waals surface area contributed by atoms with E-state index < -0.39 is 17.6 Å². The minimum atomic E-state index is -0.970. The maximum Gasteiger partial charge on any atom is 0.344 e. The van der Waals surface area contributed by atoms with Gasteiger partial charge in [0.1, 0.15) is 17.1 Å². The second kappa shape index (κ2) is 8.05. The average Bonchev–Trinajstić information content (AvgIpc) is 3.22. The van der Waals surface area contributed by atoms with Crippen LogP contribution in [0.1, 0.15) is 17.0 Å². The highest BCUT2D eigenvalue weighted by molar-refractivity contribution is 6.30. The second-order valence-corrected chi connectivity index (χ2v) is 7.85. The van der Waals surface area contributed by atoms with Crippen molar-refractivity contribution in [2.45, 2.75) is 12.0 Å². The molecule has 1 aliphatic rings. The Kier molecular flexibility index (Phi) is 5.07. The van der Waals surface area contributed by atoms with Gasteiger partial charge in [-0.2, -0.15) is 0 Å². The Morgan fingerprint density at radius 1 is 1.00 bits per heavy atom. The molecule has 0 bridgehead atoms. The second-order valence-electron chi connectivity index (χ2n) is 7.41. The lowest BCUT2D eigenvalue weighted by Crippen LogP contribution is -2.35. The normalized spacial score (nSPS) is 16.9. The van der Waals surface area contributed by atoms with Gasteiger partial charge in [0.05, 0.1) is 24.0 Å². The van der Waals surface area contributed by atoms with E-state index >= 15 is 0 Å². The summed E-state index contributed by atoms with van der Waals surface area (Å²) in [6.45, 7) is 0. The van der Waals surface area contributed by atoms with Gasteiger partial charge in [0.2, 0.25) is 0 Å². The number of methoxy groups -OCH3 is 1. The highest BCUT2D eigenvalue weighted by Crippen LogP contribution is 2.44. The molecule has 3 aromatic carbocycles. The first-order valence-corrected chi connectivity index (χ1v) is 10.4. The molecule has 1 N–H and O–H groups in total. The lowest BCUT2D eigenvalue weighted by molar-refractivity contribution is -0.122. The Hall–Kier alpha value is -3.77. The van der Waals surface area contributed by atoms with Crippen molar-refractivity contribution >= 4 is 34.2 Å². The number of nitrogens with one attached hydrogen (secondary N) is 1. The number of benzene rings is 3. The first-order valence-electron chi connectivity index (χ1n) is 9.98. The van der Waals surface area contributed by atoms with E-state index in [-0.39, 0.29) is 5.91 Å². The fourth-order valence-electron chi connectivity index (χ4n) is 3.98. The summed E-state index contributed by atoms with van der Waals surface area (Å²) in [5, 5.41) is 4.06. The highest BCUT2D eigenvalue weighted by Gasteiger charge is 2.44. The van der Waals surface area contributed by atoms with Crippen LogP contribution >= 0.6 is 11.6 Å². The minimum absolute atomic E-state index is 0.320. The molecule has 0 fully saturated rings. The summed E-state index contributed by atoms with van der Waals surface area (Å²) in [6, 6.07) is 21.1. The molecule has 0 aliphatic carbocycles. The molecule has 4 aromatic rings. The molecule has 1 amide bonds. The van der Waals surface area contributed by atoms with E-state index in [4.69, 9.17) is 25.5 Å². The van der Waals surface area contributed by atoms with Crippen LogP contribution in [-0.4, -0.2) is 19.1 Å². The topological polar surface area (TPSA) is 77.8 Å². The van der Waals surface area contributed by atoms with Gasteiger partial charge in [0.25, 0.3) is 5.91 Å². The number of halogens is 1. The predicted molar refractivity (Wildman–Crippen MR) is 122 cm³/mol. The Balaban J connectivity index is 1.59. The van der Waals surface area contributed by atoms with Gasteiger partial charge >= 0.3 is 5.63 Å². The van der Waals surface area contributed by atoms with Crippen molar-refractivity contribution in [2.24, 2.45) is 0 Å². The largest absolute Gasteiger partial charge is 0.497 e. The van der Waals surface area contributed by atoms with Crippen molar-refractivity contribution < 1.29 is 18.7 Å². The molecular formula is C25H18ClNO5. The number of para-hydroxylation sites is 1. The number of carbonyl (C=O) groups excluding carboxylic acids is 1. The third-order valence-electron chi connectivity index (χ3n) is 5.50.